The Hall–Kier alpha value is -4.63. The van der Waals surface area contributed by atoms with E-state index < -0.39 is 62.1 Å². The van der Waals surface area contributed by atoms with E-state index in [1.807, 2.05) is 0 Å². The Morgan fingerprint density at radius 2 is 0.600 bits per heavy atom. The predicted molar refractivity (Wildman–Crippen MR) is 377 cm³/mol. The fourth-order valence-corrected chi connectivity index (χ4v) is 13.7. The molecule has 8 heterocycles. The van der Waals surface area contributed by atoms with Crippen LogP contribution in [0.15, 0.2) is 97.8 Å². The van der Waals surface area contributed by atoms with E-state index in [4.69, 9.17) is 73.5 Å². The monoisotopic (exact) mass is 1830 g/mol. The quantitative estimate of drug-likeness (QED) is 0.0149. The van der Waals surface area contributed by atoms with Crippen LogP contribution in [0.4, 0.5) is 0 Å². The van der Waals surface area contributed by atoms with Gasteiger partial charge in [-0.25, -0.2) is 0 Å². The van der Waals surface area contributed by atoms with Crippen molar-refractivity contribution in [1.82, 2.24) is 29.9 Å². The van der Waals surface area contributed by atoms with E-state index in [0.717, 1.165) is 49.2 Å². The predicted octanol–water partition coefficient (Wildman–Crippen LogP) is 12.4. The first-order chi connectivity index (χ1) is 49.0. The second-order valence-corrected chi connectivity index (χ2v) is 29.0. The topological polar surface area (TPSA) is 373 Å². The molecule has 2 unspecified atom stereocenters. The molecule has 8 rings (SSSR count). The molecule has 574 valence electrons. The number of pyridine rings is 6. The molecule has 2 aliphatic heterocycles. The summed E-state index contributed by atoms with van der Waals surface area (Å²) in [6, 6.07) is 11.6. The van der Waals surface area contributed by atoms with Crippen LogP contribution in [0.3, 0.4) is 0 Å². The number of hydrogen-bond donors (Lipinski definition) is 0. The van der Waals surface area contributed by atoms with Crippen molar-refractivity contribution in [3.05, 3.63) is 131 Å². The van der Waals surface area contributed by atoms with Gasteiger partial charge >= 0.3 is 75.6 Å². The number of aromatic nitrogens is 6. The minimum absolute atomic E-state index is 0. The zero-order chi connectivity index (χ0) is 74.1. The van der Waals surface area contributed by atoms with Crippen LogP contribution in [0.1, 0.15) is 256 Å². The maximum atomic E-state index is 11.6. The van der Waals surface area contributed by atoms with Crippen LogP contribution in [-0.2, 0) is 85.6 Å². The second-order valence-electron chi connectivity index (χ2n) is 23.9. The van der Waals surface area contributed by atoms with E-state index >= 15 is 0 Å². The summed E-state index contributed by atoms with van der Waals surface area (Å²) in [5.74, 6) is -8.95. The molecule has 6 aromatic heterocycles. The molecule has 0 aromatic carbocycles. The molecule has 33 heteroatoms. The Morgan fingerprint density at radius 1 is 0.362 bits per heavy atom. The number of hydrogen-bond acceptors (Lipinski definition) is 24. The first-order valence-corrected chi connectivity index (χ1v) is 38.1. The van der Waals surface area contributed by atoms with Crippen LogP contribution in [0.25, 0.3) is 45.3 Å². The number of halogens is 4. The van der Waals surface area contributed by atoms with Gasteiger partial charge in [-0.2, -0.15) is 0 Å². The van der Waals surface area contributed by atoms with Crippen molar-refractivity contribution in [2.24, 2.45) is 0 Å². The number of carboxylic acid groups (broad SMARTS) is 6. The third-order valence-corrected chi connectivity index (χ3v) is 19.4. The third kappa shape index (κ3) is 37.1. The van der Waals surface area contributed by atoms with Gasteiger partial charge in [0.15, 0.2) is 0 Å². The molecule has 2 atom stereocenters. The van der Waals surface area contributed by atoms with Crippen LogP contribution >= 0.6 is 63.6 Å². The Kier molecular flexibility index (Phi) is 49.7. The number of rotatable bonds is 42. The van der Waals surface area contributed by atoms with Gasteiger partial charge in [0.25, 0.3) is 0 Å². The smallest absolute Gasteiger partial charge is 0.545 e. The van der Waals surface area contributed by atoms with Crippen molar-refractivity contribution in [2.75, 3.05) is 26.4 Å². The summed E-state index contributed by atoms with van der Waals surface area (Å²) in [6.07, 6.45) is 45.0. The number of alkyl halides is 4. The Bertz CT molecular complexity index is 3380. The van der Waals surface area contributed by atoms with Gasteiger partial charge in [0, 0.05) is 81.7 Å². The fraction of sp³-hybridized carbons (Fsp3) is 0.500. The molecule has 2 saturated heterocycles. The van der Waals surface area contributed by atoms with Gasteiger partial charge in [-0.3, -0.25) is 39.0 Å². The van der Waals surface area contributed by atoms with Crippen molar-refractivity contribution in [2.45, 2.75) is 203 Å². The minimum Gasteiger partial charge on any atom is -0.545 e. The van der Waals surface area contributed by atoms with Crippen LogP contribution in [0.2, 0.25) is 0 Å². The van der Waals surface area contributed by atoms with Crippen LogP contribution < -0.4 is 30.6 Å². The van der Waals surface area contributed by atoms with Gasteiger partial charge in [-0.05, 0) is 73.5 Å². The summed E-state index contributed by atoms with van der Waals surface area (Å²) in [5, 5.41) is 67.5. The van der Waals surface area contributed by atoms with E-state index in [1.54, 1.807) is 0 Å². The molecular weight excluding hydrogens is 1740 g/mol. The molecule has 2 aliphatic rings. The van der Waals surface area contributed by atoms with E-state index in [1.165, 1.54) is 228 Å². The van der Waals surface area contributed by atoms with Crippen molar-refractivity contribution in [3.8, 4) is 45.3 Å². The number of carboxylic acids is 6. The standard InChI is InChI=1S/2C18H35Cl2O3P.2C18H11N3O6.3Ru/c2*1-2-3-4-5-6-7-8-9-10-11-12-13-14-15-16-21-24-22-17-18(19,20)23-24;2*22-16(23)9-1-4-19-12(7-9)14-11(18(26)27)3-6-21-15(14)13-8-10(17(24)25)2-5-20-13;;;/h2*2-17H2,1H3;2*1-8H,(H,22,23)(H,24,25)(H,26,27);;;/q;;;;3*+2/p-6. The summed E-state index contributed by atoms with van der Waals surface area (Å²) in [6.45, 7) is 6.23. The number of carbonyl (C=O) groups is 6. The van der Waals surface area contributed by atoms with Crippen LogP contribution in [0.5, 0.6) is 0 Å². The molecule has 0 saturated carbocycles. The van der Waals surface area contributed by atoms with Gasteiger partial charge in [0.1, 0.15) is 13.2 Å². The van der Waals surface area contributed by atoms with Crippen LogP contribution in [0, 0.1) is 0 Å². The van der Waals surface area contributed by atoms with Gasteiger partial charge in [-0.15, -0.1) is 0 Å². The van der Waals surface area contributed by atoms with Crippen molar-refractivity contribution in [3.63, 3.8) is 0 Å². The van der Waals surface area contributed by atoms with E-state index in [2.05, 4.69) is 43.8 Å². The molecule has 0 bridgehead atoms. The molecule has 105 heavy (non-hydrogen) atoms. The van der Waals surface area contributed by atoms with Gasteiger partial charge in [0.05, 0.1) is 83.2 Å². The SMILES string of the molecule is CCCCCCCCCCCCCCCCOP1OCC(Cl)(Cl)O1.CCCCCCCCCCCCCCCCOP1OCC(Cl)(Cl)O1.O=C([O-])c1ccnc(-c2nccc(C(=O)[O-])c2-c2cc(C(=O)[O-])ccn2)c1.O=C([O-])c1ccnc(-c2nccc(C(=O)[O-])c2-c2cc(C(=O)[O-])ccn2)c1.[Ru+2].[Ru+2].[Ru+2]. The van der Waals surface area contributed by atoms with Crippen molar-refractivity contribution < 1.29 is 145 Å². The number of carbonyl (C=O) groups excluding carboxylic acids is 6. The Labute approximate surface area is 674 Å². The molecule has 0 radical (unpaired) electrons. The molecule has 6 aromatic rings. The zero-order valence-electron chi connectivity index (χ0n) is 58.4. The molecule has 0 amide bonds. The summed E-state index contributed by atoms with van der Waals surface area (Å²) < 4.78 is 29.5. The summed E-state index contributed by atoms with van der Waals surface area (Å²) in [7, 11) is -2.68. The second kappa shape index (κ2) is 54.1. The first kappa shape index (κ1) is 96.4. The zero-order valence-corrected chi connectivity index (χ0v) is 68.4. The normalized spacial score (nSPS) is 14.4. The molecule has 24 nitrogen and oxygen atoms in total. The Morgan fingerprint density at radius 3 is 0.838 bits per heavy atom. The molecule has 0 spiro atoms. The number of unbranched alkanes of at least 4 members (excludes halogenated alkanes) is 26. The maximum Gasteiger partial charge on any atom is 2.00 e. The molecule has 0 N–H and O–H groups in total. The van der Waals surface area contributed by atoms with E-state index in [9.17, 15) is 59.4 Å². The van der Waals surface area contributed by atoms with Gasteiger partial charge in [-0.1, -0.05) is 227 Å². The summed E-state index contributed by atoms with van der Waals surface area (Å²) in [4.78, 5) is 91.7. The summed E-state index contributed by atoms with van der Waals surface area (Å²) >= 11 is 23.2. The maximum absolute atomic E-state index is 11.6. The largest absolute Gasteiger partial charge is 2.00 e. The number of nitrogens with zero attached hydrogens (tertiary/aromatic N) is 6. The molecule has 2 fully saturated rings. The van der Waals surface area contributed by atoms with Crippen LogP contribution in [-0.4, -0.2) is 101 Å². The molecule has 0 aliphatic carbocycles. The molecular formula is C72H86Cl4N6O18P2Ru3. The first-order valence-electron chi connectivity index (χ1n) is 34.4. The number of aromatic carboxylic acids is 6. The Balaban J connectivity index is 0.000000472. The third-order valence-electron chi connectivity index (χ3n) is 15.8. The average molecular weight is 1830 g/mol. The van der Waals surface area contributed by atoms with Gasteiger partial charge < -0.3 is 77.5 Å². The average Bonchev–Trinajstić information content (AvgIpc) is 1.61. The van der Waals surface area contributed by atoms with E-state index in [-0.39, 0.29) is 150 Å². The van der Waals surface area contributed by atoms with Crippen molar-refractivity contribution >= 4 is 99.4 Å². The van der Waals surface area contributed by atoms with E-state index in [0.29, 0.717) is 13.2 Å². The minimum atomic E-state index is -1.55. The van der Waals surface area contributed by atoms with Gasteiger partial charge in [0.2, 0.25) is 9.04 Å². The summed E-state index contributed by atoms with van der Waals surface area (Å²) in [5.41, 5.74) is -1.60. The van der Waals surface area contributed by atoms with Crippen molar-refractivity contribution in [1.29, 1.82) is 0 Å². The fourth-order valence-electron chi connectivity index (χ4n) is 10.5.